The normalized spacial score (nSPS) is 13.2. The van der Waals surface area contributed by atoms with Crippen molar-refractivity contribution in [1.82, 2.24) is 0 Å². The summed E-state index contributed by atoms with van der Waals surface area (Å²) in [6.07, 6.45) is 36.4. The van der Waals surface area contributed by atoms with Gasteiger partial charge in [-0.3, -0.25) is 9.59 Å². The molecule has 0 aromatic rings. The zero-order valence-electron chi connectivity index (χ0n) is 33.8. The first kappa shape index (κ1) is 48.8. The van der Waals surface area contributed by atoms with Crippen LogP contribution < -0.4 is 0 Å². The van der Waals surface area contributed by atoms with Gasteiger partial charge in [0.15, 0.2) is 12.1 Å². The topological polar surface area (TPSA) is 99.1 Å². The number of likely N-dealkylation sites (N-methyl/N-ethyl adjacent to an activating group) is 1. The van der Waals surface area contributed by atoms with Gasteiger partial charge in [0.25, 0.3) is 0 Å². The third-order valence-corrected chi connectivity index (χ3v) is 9.32. The van der Waals surface area contributed by atoms with E-state index < -0.39 is 18.1 Å². The monoisotopic (exact) mass is 723 g/mol. The van der Waals surface area contributed by atoms with Gasteiger partial charge in [0.1, 0.15) is 6.61 Å². The van der Waals surface area contributed by atoms with Gasteiger partial charge in [0, 0.05) is 19.3 Å². The van der Waals surface area contributed by atoms with Gasteiger partial charge in [-0.2, -0.15) is 0 Å². The number of carbonyl (C=O) groups excluding carboxylic acids is 2. The van der Waals surface area contributed by atoms with Crippen molar-refractivity contribution in [3.63, 3.8) is 0 Å². The molecule has 2 atom stereocenters. The fourth-order valence-corrected chi connectivity index (χ4v) is 6.02. The summed E-state index contributed by atoms with van der Waals surface area (Å²) in [4.78, 5) is 36.8. The molecule has 298 valence electrons. The number of carboxylic acids is 1. The highest BCUT2D eigenvalue weighted by atomic mass is 16.6. The quantitative estimate of drug-likeness (QED) is 0.0295. The van der Waals surface area contributed by atoms with Crippen molar-refractivity contribution in [3.05, 3.63) is 24.3 Å². The summed E-state index contributed by atoms with van der Waals surface area (Å²) in [6.45, 7) is 4.69. The van der Waals surface area contributed by atoms with E-state index in [-0.39, 0.29) is 36.2 Å². The summed E-state index contributed by atoms with van der Waals surface area (Å²) in [5, 5.41) is 9.60. The molecule has 0 bridgehead atoms. The number of ether oxygens (including phenoxy) is 3. The van der Waals surface area contributed by atoms with Crippen LogP contribution in [0, 0.1) is 0 Å². The molecule has 0 aliphatic rings. The van der Waals surface area contributed by atoms with Gasteiger partial charge in [-0.15, -0.1) is 0 Å². The summed E-state index contributed by atoms with van der Waals surface area (Å²) >= 11 is 0. The molecule has 0 aromatic carbocycles. The minimum atomic E-state index is -0.877. The van der Waals surface area contributed by atoms with E-state index in [1.165, 1.54) is 96.3 Å². The zero-order valence-corrected chi connectivity index (χ0v) is 33.8. The van der Waals surface area contributed by atoms with Gasteiger partial charge < -0.3 is 23.8 Å². The number of hydrogen-bond acceptors (Lipinski definition) is 6. The Morgan fingerprint density at radius 2 is 0.980 bits per heavy atom. The van der Waals surface area contributed by atoms with Gasteiger partial charge in [-0.1, -0.05) is 122 Å². The Morgan fingerprint density at radius 1 is 0.569 bits per heavy atom. The predicted octanol–water partition coefficient (Wildman–Crippen LogP) is 10.9. The van der Waals surface area contributed by atoms with Crippen LogP contribution in [0.25, 0.3) is 0 Å². The Kier molecular flexibility index (Phi) is 33.4. The molecule has 8 nitrogen and oxygen atoms in total. The van der Waals surface area contributed by atoms with Crippen LogP contribution in [0.2, 0.25) is 0 Å². The fourth-order valence-electron chi connectivity index (χ4n) is 6.02. The summed E-state index contributed by atoms with van der Waals surface area (Å²) in [7, 11) is 5.52. The number of unbranched alkanes of at least 4 members (excludes halogenated alkanes) is 19. The van der Waals surface area contributed by atoms with Crippen molar-refractivity contribution >= 4 is 17.9 Å². The second kappa shape index (κ2) is 34.9. The Hall–Kier alpha value is -2.19. The molecule has 8 heteroatoms. The molecule has 51 heavy (non-hydrogen) atoms. The molecule has 0 saturated heterocycles. The molecular formula is C43H80NO7+. The summed E-state index contributed by atoms with van der Waals surface area (Å²) in [5.74, 6) is -1.48. The Bertz CT molecular complexity index is 895. The molecule has 0 spiro atoms. The molecular weight excluding hydrogens is 642 g/mol. The lowest BCUT2D eigenvalue weighted by Gasteiger charge is -2.31. The van der Waals surface area contributed by atoms with E-state index in [0.717, 1.165) is 51.4 Å². The molecule has 0 fully saturated rings. The zero-order chi connectivity index (χ0) is 37.8. The predicted molar refractivity (Wildman–Crippen MR) is 211 cm³/mol. The number of hydrogen-bond donors (Lipinski definition) is 1. The largest absolute Gasteiger partial charge is 0.477 e. The van der Waals surface area contributed by atoms with Gasteiger partial charge in [-0.05, 0) is 64.2 Å². The third-order valence-electron chi connectivity index (χ3n) is 9.32. The number of carbonyl (C=O) groups is 3. The van der Waals surface area contributed by atoms with Crippen LogP contribution in [0.15, 0.2) is 24.3 Å². The molecule has 0 radical (unpaired) electrons. The lowest BCUT2D eigenvalue weighted by atomic mass is 10.1. The van der Waals surface area contributed by atoms with Crippen LogP contribution in [0.1, 0.15) is 181 Å². The molecule has 0 aliphatic heterocycles. The van der Waals surface area contributed by atoms with E-state index in [2.05, 4.69) is 38.2 Å². The molecule has 0 heterocycles. The van der Waals surface area contributed by atoms with Crippen molar-refractivity contribution in [1.29, 1.82) is 0 Å². The van der Waals surface area contributed by atoms with E-state index >= 15 is 0 Å². The smallest absolute Gasteiger partial charge is 0.362 e. The number of nitrogens with zero attached hydrogens (tertiary/aromatic N) is 1. The van der Waals surface area contributed by atoms with Gasteiger partial charge in [0.05, 0.1) is 34.4 Å². The molecule has 0 aliphatic carbocycles. The minimum Gasteiger partial charge on any atom is -0.477 e. The highest BCUT2D eigenvalue weighted by molar-refractivity contribution is 5.72. The first-order valence-corrected chi connectivity index (χ1v) is 20.9. The second-order valence-electron chi connectivity index (χ2n) is 15.2. The van der Waals surface area contributed by atoms with E-state index in [1.54, 1.807) is 0 Å². The first-order valence-electron chi connectivity index (χ1n) is 20.9. The van der Waals surface area contributed by atoms with Crippen molar-refractivity contribution in [2.24, 2.45) is 0 Å². The van der Waals surface area contributed by atoms with E-state index in [0.29, 0.717) is 19.3 Å². The molecule has 0 amide bonds. The molecule has 2 unspecified atom stereocenters. The second-order valence-corrected chi connectivity index (χ2v) is 15.2. The Labute approximate surface area is 313 Å². The molecule has 1 N–H and O–H groups in total. The van der Waals surface area contributed by atoms with Crippen LogP contribution in [-0.2, 0) is 28.6 Å². The van der Waals surface area contributed by atoms with Crippen LogP contribution in [0.5, 0.6) is 0 Å². The van der Waals surface area contributed by atoms with Gasteiger partial charge in [-0.25, -0.2) is 4.79 Å². The number of carboxylic acid groups (broad SMARTS) is 1. The van der Waals surface area contributed by atoms with Crippen LogP contribution >= 0.6 is 0 Å². The lowest BCUT2D eigenvalue weighted by molar-refractivity contribution is -0.887. The minimum absolute atomic E-state index is 0.0547. The van der Waals surface area contributed by atoms with E-state index in [9.17, 15) is 19.5 Å². The van der Waals surface area contributed by atoms with Crippen molar-refractivity contribution < 1.29 is 38.2 Å². The first-order chi connectivity index (χ1) is 24.6. The summed E-state index contributed by atoms with van der Waals surface area (Å²) < 4.78 is 17.2. The maximum absolute atomic E-state index is 12.7. The fraction of sp³-hybridized carbons (Fsp3) is 0.837. The Morgan fingerprint density at radius 3 is 1.45 bits per heavy atom. The number of aliphatic carboxylic acids is 1. The number of esters is 2. The standard InChI is InChI=1S/C43H79NO7/c1-6-8-10-12-14-16-18-20-21-22-24-26-28-30-32-34-42(46)51-39(37-49-36-35-40(43(47)48)44(3,4)5)38-50-41(45)33-31-29-27-25-23-19-17-15-13-11-9-7-2/h15-18,39-40H,6-14,19-38H2,1-5H3/p+1/b17-15+,18-16+. The van der Waals surface area contributed by atoms with Crippen LogP contribution in [0.3, 0.4) is 0 Å². The van der Waals surface area contributed by atoms with Crippen molar-refractivity contribution in [2.75, 3.05) is 41.0 Å². The highest BCUT2D eigenvalue weighted by Gasteiger charge is 2.31. The number of allylic oxidation sites excluding steroid dienone is 4. The summed E-state index contributed by atoms with van der Waals surface area (Å²) in [6, 6.07) is -0.613. The Balaban J connectivity index is 4.39. The van der Waals surface area contributed by atoms with Crippen LogP contribution in [0.4, 0.5) is 0 Å². The van der Waals surface area contributed by atoms with Crippen molar-refractivity contribution in [2.45, 2.75) is 193 Å². The van der Waals surface area contributed by atoms with Crippen molar-refractivity contribution in [3.8, 4) is 0 Å². The lowest BCUT2D eigenvalue weighted by Crippen LogP contribution is -2.50. The van der Waals surface area contributed by atoms with Gasteiger partial charge in [0.2, 0.25) is 0 Å². The summed E-state index contributed by atoms with van der Waals surface area (Å²) in [5.41, 5.74) is 0. The highest BCUT2D eigenvalue weighted by Crippen LogP contribution is 2.14. The van der Waals surface area contributed by atoms with Crippen LogP contribution in [-0.4, -0.2) is 80.6 Å². The maximum atomic E-state index is 12.7. The molecule has 0 aromatic heterocycles. The van der Waals surface area contributed by atoms with Gasteiger partial charge >= 0.3 is 17.9 Å². The average molecular weight is 723 g/mol. The molecule has 0 rings (SSSR count). The van der Waals surface area contributed by atoms with E-state index in [4.69, 9.17) is 14.2 Å². The molecule has 0 saturated carbocycles. The van der Waals surface area contributed by atoms with E-state index in [1.807, 2.05) is 21.1 Å². The SMILES string of the molecule is CCCCC/C=C/CCCCCCCC(=O)OCC(COCCC(C(=O)O)[N+](C)(C)C)OC(=O)CCCCCCCCC/C=C/CCCCCC. The average Bonchev–Trinajstić information content (AvgIpc) is 3.08. The maximum Gasteiger partial charge on any atom is 0.362 e. The third kappa shape index (κ3) is 33.4. The number of rotatable bonds is 37. The number of quaternary nitrogens is 1.